The topological polar surface area (TPSA) is 32.3 Å². The Morgan fingerprint density at radius 1 is 1.04 bits per heavy atom. The summed E-state index contributed by atoms with van der Waals surface area (Å²) in [6, 6.07) is 16.2. The van der Waals surface area contributed by atoms with Crippen LogP contribution in [0.15, 0.2) is 48.5 Å². The van der Waals surface area contributed by atoms with E-state index in [0.717, 1.165) is 12.1 Å². The maximum Gasteiger partial charge on any atom is 0.228 e. The fourth-order valence-electron chi connectivity index (χ4n) is 2.82. The van der Waals surface area contributed by atoms with Gasteiger partial charge in [0.05, 0.1) is 0 Å². The molecule has 0 atom stereocenters. The van der Waals surface area contributed by atoms with Crippen LogP contribution in [0.5, 0.6) is 0 Å². The lowest BCUT2D eigenvalue weighted by Crippen LogP contribution is -2.31. The Balaban J connectivity index is 1.97. The third kappa shape index (κ3) is 4.35. The van der Waals surface area contributed by atoms with Crippen molar-refractivity contribution in [2.45, 2.75) is 33.6 Å². The van der Waals surface area contributed by atoms with Crippen LogP contribution in [0.25, 0.3) is 0 Å². The molecule has 0 spiro atoms. The predicted molar refractivity (Wildman–Crippen MR) is 98.1 cm³/mol. The van der Waals surface area contributed by atoms with Crippen molar-refractivity contribution in [3.05, 3.63) is 59.7 Å². The maximum absolute atomic E-state index is 12.5. The minimum Gasteiger partial charge on any atom is -0.384 e. The molecule has 23 heavy (non-hydrogen) atoms. The molecule has 0 aliphatic heterocycles. The van der Waals surface area contributed by atoms with Crippen LogP contribution in [-0.4, -0.2) is 19.0 Å². The van der Waals surface area contributed by atoms with Crippen LogP contribution in [0.1, 0.15) is 31.4 Å². The highest BCUT2D eigenvalue weighted by atomic mass is 16.2. The summed E-state index contributed by atoms with van der Waals surface area (Å²) < 4.78 is 0. The number of hydrogen-bond acceptors (Lipinski definition) is 2. The maximum atomic E-state index is 12.5. The Bertz CT molecular complexity index is 637. The van der Waals surface area contributed by atoms with Crippen molar-refractivity contribution in [2.75, 3.05) is 23.3 Å². The van der Waals surface area contributed by atoms with E-state index in [1.54, 1.807) is 0 Å². The fourth-order valence-corrected chi connectivity index (χ4v) is 2.82. The smallest absolute Gasteiger partial charge is 0.228 e. The minimum absolute atomic E-state index is 0.151. The molecule has 0 aliphatic carbocycles. The van der Waals surface area contributed by atoms with Crippen LogP contribution in [-0.2, 0) is 11.2 Å². The van der Waals surface area contributed by atoms with Crippen molar-refractivity contribution in [1.82, 2.24) is 0 Å². The highest BCUT2D eigenvalue weighted by Crippen LogP contribution is 2.21. The highest BCUT2D eigenvalue weighted by molar-refractivity contribution is 5.93. The van der Waals surface area contributed by atoms with Crippen LogP contribution in [0.2, 0.25) is 0 Å². The number of carbonyl (C=O) groups is 1. The van der Waals surface area contributed by atoms with Gasteiger partial charge in [0.2, 0.25) is 5.91 Å². The zero-order valence-corrected chi connectivity index (χ0v) is 14.3. The van der Waals surface area contributed by atoms with Gasteiger partial charge in [0.1, 0.15) is 0 Å². The van der Waals surface area contributed by atoms with Gasteiger partial charge in [-0.15, -0.1) is 0 Å². The van der Waals surface area contributed by atoms with Crippen LogP contribution in [0.3, 0.4) is 0 Å². The first-order valence-electron chi connectivity index (χ1n) is 8.35. The summed E-state index contributed by atoms with van der Waals surface area (Å²) in [7, 11) is 0. The van der Waals surface area contributed by atoms with Crippen molar-refractivity contribution in [1.29, 1.82) is 0 Å². The van der Waals surface area contributed by atoms with E-state index in [0.29, 0.717) is 19.5 Å². The first-order valence-corrected chi connectivity index (χ1v) is 8.35. The summed E-state index contributed by atoms with van der Waals surface area (Å²) >= 11 is 0. The monoisotopic (exact) mass is 310 g/mol. The van der Waals surface area contributed by atoms with Gasteiger partial charge in [-0.1, -0.05) is 43.3 Å². The molecule has 1 N–H and O–H groups in total. The molecule has 0 bridgehead atoms. The van der Waals surface area contributed by atoms with Crippen molar-refractivity contribution in [3.8, 4) is 0 Å². The fraction of sp³-hybridized carbons (Fsp3) is 0.350. The van der Waals surface area contributed by atoms with Gasteiger partial charge in [0.15, 0.2) is 0 Å². The number of rotatable bonds is 7. The van der Waals surface area contributed by atoms with Crippen LogP contribution >= 0.6 is 0 Å². The standard InChI is InChI=1S/C20H26N2O/c1-4-17-11-9-10-16(3)20(17)21-15-14-19(23)22(5-2)18-12-7-6-8-13-18/h6-13,21H,4-5,14-15H2,1-3H3. The van der Waals surface area contributed by atoms with Crippen LogP contribution in [0.4, 0.5) is 11.4 Å². The van der Waals surface area contributed by atoms with Gasteiger partial charge in [0.25, 0.3) is 0 Å². The second kappa shape index (κ2) is 8.37. The Kier molecular flexibility index (Phi) is 6.21. The first kappa shape index (κ1) is 17.1. The number of amides is 1. The lowest BCUT2D eigenvalue weighted by Gasteiger charge is -2.21. The molecule has 0 saturated carbocycles. The molecule has 3 heteroatoms. The molecule has 3 nitrogen and oxygen atoms in total. The van der Waals surface area contributed by atoms with Crippen LogP contribution in [0, 0.1) is 6.92 Å². The van der Waals surface area contributed by atoms with E-state index in [2.05, 4.69) is 37.4 Å². The Hall–Kier alpha value is -2.29. The zero-order chi connectivity index (χ0) is 16.7. The summed E-state index contributed by atoms with van der Waals surface area (Å²) in [4.78, 5) is 14.3. The molecule has 122 valence electrons. The van der Waals surface area contributed by atoms with E-state index in [-0.39, 0.29) is 5.91 Å². The average molecular weight is 310 g/mol. The van der Waals surface area contributed by atoms with E-state index in [9.17, 15) is 4.79 Å². The summed E-state index contributed by atoms with van der Waals surface area (Å²) in [5.41, 5.74) is 4.66. The summed E-state index contributed by atoms with van der Waals surface area (Å²) in [6.45, 7) is 7.60. The summed E-state index contributed by atoms with van der Waals surface area (Å²) in [5.74, 6) is 0.151. The van der Waals surface area contributed by atoms with Gasteiger partial charge in [-0.3, -0.25) is 4.79 Å². The van der Waals surface area contributed by atoms with Crippen molar-refractivity contribution >= 4 is 17.3 Å². The largest absolute Gasteiger partial charge is 0.384 e. The molecule has 0 aliphatic rings. The molecule has 1 amide bonds. The van der Waals surface area contributed by atoms with Crippen LogP contribution < -0.4 is 10.2 Å². The molecular weight excluding hydrogens is 284 g/mol. The lowest BCUT2D eigenvalue weighted by molar-refractivity contribution is -0.118. The van der Waals surface area contributed by atoms with Gasteiger partial charge in [-0.2, -0.15) is 0 Å². The predicted octanol–water partition coefficient (Wildman–Crippen LogP) is 4.41. The number of nitrogens with zero attached hydrogens (tertiary/aromatic N) is 1. The molecule has 2 aromatic carbocycles. The number of anilines is 2. The molecule has 0 saturated heterocycles. The quantitative estimate of drug-likeness (QED) is 0.821. The molecule has 0 aromatic heterocycles. The molecular formula is C20H26N2O. The SMILES string of the molecule is CCc1cccc(C)c1NCCC(=O)N(CC)c1ccccc1. The first-order chi connectivity index (χ1) is 11.2. The van der Waals surface area contributed by atoms with Gasteiger partial charge in [-0.05, 0) is 43.5 Å². The van der Waals surface area contributed by atoms with E-state index >= 15 is 0 Å². The van der Waals surface area contributed by atoms with E-state index in [1.807, 2.05) is 42.2 Å². The van der Waals surface area contributed by atoms with Gasteiger partial charge in [0, 0.05) is 30.9 Å². The van der Waals surface area contributed by atoms with Gasteiger partial charge >= 0.3 is 0 Å². The number of benzene rings is 2. The molecule has 0 heterocycles. The van der Waals surface area contributed by atoms with E-state index in [1.165, 1.54) is 16.8 Å². The van der Waals surface area contributed by atoms with E-state index in [4.69, 9.17) is 0 Å². The molecule has 2 aromatic rings. The Morgan fingerprint density at radius 3 is 2.43 bits per heavy atom. The summed E-state index contributed by atoms with van der Waals surface area (Å²) in [6.07, 6.45) is 1.48. The second-order valence-electron chi connectivity index (χ2n) is 5.61. The summed E-state index contributed by atoms with van der Waals surface area (Å²) in [5, 5.41) is 3.45. The van der Waals surface area contributed by atoms with Crippen molar-refractivity contribution < 1.29 is 4.79 Å². The number of para-hydroxylation sites is 2. The highest BCUT2D eigenvalue weighted by Gasteiger charge is 2.13. The number of nitrogens with one attached hydrogen (secondary N) is 1. The van der Waals surface area contributed by atoms with Gasteiger partial charge < -0.3 is 10.2 Å². The second-order valence-corrected chi connectivity index (χ2v) is 5.61. The molecule has 0 radical (unpaired) electrons. The normalized spacial score (nSPS) is 10.4. The number of hydrogen-bond donors (Lipinski definition) is 1. The lowest BCUT2D eigenvalue weighted by atomic mass is 10.1. The van der Waals surface area contributed by atoms with E-state index < -0.39 is 0 Å². The number of aryl methyl sites for hydroxylation is 2. The number of carbonyl (C=O) groups excluding carboxylic acids is 1. The molecule has 2 rings (SSSR count). The van der Waals surface area contributed by atoms with Gasteiger partial charge in [-0.25, -0.2) is 0 Å². The Morgan fingerprint density at radius 2 is 1.78 bits per heavy atom. The molecule has 0 fully saturated rings. The third-order valence-corrected chi connectivity index (χ3v) is 4.07. The average Bonchev–Trinajstić information content (AvgIpc) is 2.58. The minimum atomic E-state index is 0.151. The van der Waals surface area contributed by atoms with Crippen molar-refractivity contribution in [3.63, 3.8) is 0 Å². The molecule has 0 unspecified atom stereocenters. The zero-order valence-electron chi connectivity index (χ0n) is 14.3. The Labute approximate surface area is 139 Å². The van der Waals surface area contributed by atoms with Crippen molar-refractivity contribution in [2.24, 2.45) is 0 Å². The third-order valence-electron chi connectivity index (χ3n) is 4.07.